The van der Waals surface area contributed by atoms with Crippen LogP contribution in [0.3, 0.4) is 0 Å². The molecule has 31 heavy (non-hydrogen) atoms. The number of rotatable bonds is 5. The average molecular weight is 407 g/mol. The molecule has 0 aliphatic heterocycles. The maximum Gasteiger partial charge on any atom is 0.258 e. The molecule has 2 aromatic carbocycles. The summed E-state index contributed by atoms with van der Waals surface area (Å²) in [6.07, 6.45) is 3.62. The summed E-state index contributed by atoms with van der Waals surface area (Å²) >= 11 is 0. The standard InChI is InChI=1S/C25H21N5O/c1-16-8-6-11-19-14-21(24-29-25(31-30-24)18-9-4-3-5-10-18)23(28-22(16)19)27-17(2)20-12-7-13-26-15-20/h3-15,17H,1-2H3,(H,27,28)/t17-/m0/s1. The summed E-state index contributed by atoms with van der Waals surface area (Å²) in [5, 5.41) is 8.80. The van der Waals surface area contributed by atoms with Crippen LogP contribution in [0.15, 0.2) is 83.6 Å². The smallest absolute Gasteiger partial charge is 0.258 e. The van der Waals surface area contributed by atoms with Crippen LogP contribution in [0.25, 0.3) is 33.7 Å². The molecule has 3 heterocycles. The zero-order valence-corrected chi connectivity index (χ0v) is 17.3. The van der Waals surface area contributed by atoms with Crippen molar-refractivity contribution in [2.45, 2.75) is 19.9 Å². The van der Waals surface area contributed by atoms with Crippen molar-refractivity contribution in [1.29, 1.82) is 0 Å². The number of aromatic nitrogens is 4. The summed E-state index contributed by atoms with van der Waals surface area (Å²) < 4.78 is 5.56. The van der Waals surface area contributed by atoms with Crippen LogP contribution in [0, 0.1) is 6.92 Å². The van der Waals surface area contributed by atoms with Gasteiger partial charge in [0.15, 0.2) is 0 Å². The number of hydrogen-bond acceptors (Lipinski definition) is 6. The third-order valence-electron chi connectivity index (χ3n) is 5.27. The molecule has 1 atom stereocenters. The Kier molecular flexibility index (Phi) is 4.88. The minimum absolute atomic E-state index is 0.00177. The van der Waals surface area contributed by atoms with Gasteiger partial charge in [-0.05, 0) is 49.2 Å². The molecule has 0 radical (unpaired) electrons. The quantitative estimate of drug-likeness (QED) is 0.395. The summed E-state index contributed by atoms with van der Waals surface area (Å²) in [7, 11) is 0. The van der Waals surface area contributed by atoms with E-state index in [1.807, 2.05) is 60.8 Å². The molecular weight excluding hydrogens is 386 g/mol. The van der Waals surface area contributed by atoms with Gasteiger partial charge in [-0.15, -0.1) is 0 Å². The highest BCUT2D eigenvalue weighted by atomic mass is 16.5. The molecule has 5 rings (SSSR count). The first-order chi connectivity index (χ1) is 15.2. The molecule has 3 aromatic heterocycles. The van der Waals surface area contributed by atoms with Crippen molar-refractivity contribution in [3.63, 3.8) is 0 Å². The van der Waals surface area contributed by atoms with E-state index in [0.717, 1.165) is 33.2 Å². The Bertz CT molecular complexity index is 1330. The van der Waals surface area contributed by atoms with Gasteiger partial charge in [0.2, 0.25) is 5.82 Å². The molecule has 0 bridgehead atoms. The van der Waals surface area contributed by atoms with Gasteiger partial charge in [-0.2, -0.15) is 4.98 Å². The lowest BCUT2D eigenvalue weighted by molar-refractivity contribution is 0.432. The SMILES string of the molecule is Cc1cccc2cc(-c3noc(-c4ccccc4)n3)c(N[C@@H](C)c3cccnc3)nc12. The fraction of sp³-hybridized carbons (Fsp3) is 0.120. The normalized spacial score (nSPS) is 12.1. The number of benzene rings is 2. The van der Waals surface area contributed by atoms with Crippen LogP contribution >= 0.6 is 0 Å². The number of anilines is 1. The average Bonchev–Trinajstić information content (AvgIpc) is 3.30. The van der Waals surface area contributed by atoms with Crippen LogP contribution in [0.4, 0.5) is 5.82 Å². The number of hydrogen-bond donors (Lipinski definition) is 1. The van der Waals surface area contributed by atoms with E-state index in [1.54, 1.807) is 6.20 Å². The Morgan fingerprint density at radius 2 is 1.81 bits per heavy atom. The monoisotopic (exact) mass is 407 g/mol. The van der Waals surface area contributed by atoms with Gasteiger partial charge in [0.25, 0.3) is 5.89 Å². The Labute approximate surface area is 180 Å². The van der Waals surface area contributed by atoms with Crippen molar-refractivity contribution in [2.24, 2.45) is 0 Å². The number of fused-ring (bicyclic) bond motifs is 1. The first kappa shape index (κ1) is 18.9. The second kappa shape index (κ2) is 7.99. The van der Waals surface area contributed by atoms with E-state index in [-0.39, 0.29) is 6.04 Å². The van der Waals surface area contributed by atoms with Crippen molar-refractivity contribution >= 4 is 16.7 Å². The van der Waals surface area contributed by atoms with E-state index in [2.05, 4.69) is 46.4 Å². The number of nitrogens with one attached hydrogen (secondary N) is 1. The lowest BCUT2D eigenvalue weighted by Crippen LogP contribution is -2.10. The second-order valence-electron chi connectivity index (χ2n) is 7.47. The Morgan fingerprint density at radius 1 is 0.935 bits per heavy atom. The molecule has 0 fully saturated rings. The number of pyridine rings is 2. The van der Waals surface area contributed by atoms with Crippen LogP contribution in [0.1, 0.15) is 24.1 Å². The van der Waals surface area contributed by atoms with E-state index < -0.39 is 0 Å². The molecule has 0 saturated carbocycles. The van der Waals surface area contributed by atoms with E-state index in [9.17, 15) is 0 Å². The van der Waals surface area contributed by atoms with Crippen molar-refractivity contribution in [3.8, 4) is 22.8 Å². The third kappa shape index (κ3) is 3.75. The molecule has 0 saturated heterocycles. The van der Waals surface area contributed by atoms with Gasteiger partial charge in [-0.1, -0.05) is 47.6 Å². The van der Waals surface area contributed by atoms with Crippen molar-refractivity contribution in [1.82, 2.24) is 20.1 Å². The lowest BCUT2D eigenvalue weighted by atomic mass is 10.1. The van der Waals surface area contributed by atoms with Crippen molar-refractivity contribution < 1.29 is 4.52 Å². The van der Waals surface area contributed by atoms with Gasteiger partial charge in [0, 0.05) is 23.3 Å². The first-order valence-corrected chi connectivity index (χ1v) is 10.2. The van der Waals surface area contributed by atoms with Crippen molar-refractivity contribution in [2.75, 3.05) is 5.32 Å². The van der Waals surface area contributed by atoms with Crippen LogP contribution in [0.2, 0.25) is 0 Å². The van der Waals surface area contributed by atoms with Crippen LogP contribution in [0.5, 0.6) is 0 Å². The summed E-state index contributed by atoms with van der Waals surface area (Å²) in [4.78, 5) is 13.8. The van der Waals surface area contributed by atoms with Gasteiger partial charge in [-0.3, -0.25) is 4.98 Å². The number of para-hydroxylation sites is 1. The molecule has 0 aliphatic carbocycles. The van der Waals surface area contributed by atoms with Crippen LogP contribution in [-0.4, -0.2) is 20.1 Å². The summed E-state index contributed by atoms with van der Waals surface area (Å²) in [5.74, 6) is 1.68. The fourth-order valence-electron chi connectivity index (χ4n) is 3.58. The van der Waals surface area contributed by atoms with Crippen molar-refractivity contribution in [3.05, 3.63) is 90.3 Å². The summed E-state index contributed by atoms with van der Waals surface area (Å²) in [5.41, 5.74) is 4.79. The molecule has 5 aromatic rings. The molecule has 6 nitrogen and oxygen atoms in total. The molecule has 0 amide bonds. The van der Waals surface area contributed by atoms with E-state index in [0.29, 0.717) is 17.5 Å². The zero-order valence-electron chi connectivity index (χ0n) is 17.3. The topological polar surface area (TPSA) is 76.7 Å². The summed E-state index contributed by atoms with van der Waals surface area (Å²) in [6, 6.07) is 21.9. The summed E-state index contributed by atoms with van der Waals surface area (Å²) in [6.45, 7) is 4.14. The molecule has 0 unspecified atom stereocenters. The van der Waals surface area contributed by atoms with E-state index in [1.165, 1.54) is 0 Å². The maximum atomic E-state index is 5.56. The fourth-order valence-corrected chi connectivity index (χ4v) is 3.58. The Balaban J connectivity index is 1.61. The Hall–Kier alpha value is -4.06. The first-order valence-electron chi connectivity index (χ1n) is 10.2. The molecule has 1 N–H and O–H groups in total. The predicted octanol–water partition coefficient (Wildman–Crippen LogP) is 5.83. The highest BCUT2D eigenvalue weighted by Gasteiger charge is 2.18. The van der Waals surface area contributed by atoms with Gasteiger partial charge in [-0.25, -0.2) is 4.98 Å². The molecule has 0 spiro atoms. The minimum atomic E-state index is 0.00177. The highest BCUT2D eigenvalue weighted by molar-refractivity contribution is 5.90. The third-order valence-corrected chi connectivity index (χ3v) is 5.27. The van der Waals surface area contributed by atoms with Gasteiger partial charge in [0.05, 0.1) is 17.1 Å². The zero-order chi connectivity index (χ0) is 21.2. The number of aryl methyl sites for hydroxylation is 1. The molecule has 6 heteroatoms. The predicted molar refractivity (Wildman–Crippen MR) is 121 cm³/mol. The van der Waals surface area contributed by atoms with Crippen LogP contribution in [-0.2, 0) is 0 Å². The minimum Gasteiger partial charge on any atom is -0.363 e. The highest BCUT2D eigenvalue weighted by Crippen LogP contribution is 2.32. The Morgan fingerprint density at radius 3 is 2.61 bits per heavy atom. The molecule has 0 aliphatic rings. The van der Waals surface area contributed by atoms with Crippen LogP contribution < -0.4 is 5.32 Å². The van der Waals surface area contributed by atoms with E-state index >= 15 is 0 Å². The largest absolute Gasteiger partial charge is 0.363 e. The second-order valence-corrected chi connectivity index (χ2v) is 7.47. The molecular formula is C25H21N5O. The van der Waals surface area contributed by atoms with Gasteiger partial charge in [0.1, 0.15) is 5.82 Å². The number of nitrogens with zero attached hydrogens (tertiary/aromatic N) is 4. The lowest BCUT2D eigenvalue weighted by Gasteiger charge is -2.17. The van der Waals surface area contributed by atoms with Gasteiger partial charge < -0.3 is 9.84 Å². The van der Waals surface area contributed by atoms with E-state index in [4.69, 9.17) is 9.51 Å². The van der Waals surface area contributed by atoms with Gasteiger partial charge >= 0.3 is 0 Å². The maximum absolute atomic E-state index is 5.56. The molecule has 152 valence electrons.